The van der Waals surface area contributed by atoms with Crippen molar-refractivity contribution in [2.45, 2.75) is 38.7 Å². The number of nitrogens with zero attached hydrogens (tertiary/aromatic N) is 1. The molecule has 0 saturated carbocycles. The van der Waals surface area contributed by atoms with Gasteiger partial charge in [0.05, 0.1) is 31.6 Å². The molecule has 0 aromatic heterocycles. The normalized spacial score (nSPS) is 17.5. The van der Waals surface area contributed by atoms with Crippen LogP contribution in [-0.4, -0.2) is 38.0 Å². The highest BCUT2D eigenvalue weighted by Crippen LogP contribution is 2.39. The molecule has 2 aromatic rings. The minimum atomic E-state index is -0.857. The zero-order valence-electron chi connectivity index (χ0n) is 18.7. The van der Waals surface area contributed by atoms with Crippen LogP contribution in [0.5, 0.6) is 23.0 Å². The van der Waals surface area contributed by atoms with Gasteiger partial charge in [0.2, 0.25) is 0 Å². The van der Waals surface area contributed by atoms with Crippen molar-refractivity contribution in [1.82, 2.24) is 0 Å². The fourth-order valence-corrected chi connectivity index (χ4v) is 3.94. The molecule has 32 heavy (non-hydrogen) atoms. The second kappa shape index (κ2) is 10.3. The molecule has 0 aliphatic carbocycles. The molecule has 1 N–H and O–H groups in total. The van der Waals surface area contributed by atoms with E-state index < -0.39 is 23.4 Å². The molecular weight excluding hydrogens is 410 g/mol. The van der Waals surface area contributed by atoms with E-state index in [1.165, 1.54) is 0 Å². The van der Waals surface area contributed by atoms with Gasteiger partial charge < -0.3 is 24.1 Å². The monoisotopic (exact) mass is 439 g/mol. The van der Waals surface area contributed by atoms with Gasteiger partial charge in [-0.1, -0.05) is 24.6 Å². The lowest BCUT2D eigenvalue weighted by atomic mass is 9.79. The number of ether oxygens (including phenoxy) is 4. The Balaban J connectivity index is 1.62. The molecule has 0 bridgehead atoms. The summed E-state index contributed by atoms with van der Waals surface area (Å²) in [5.74, 6) is 1.04. The Morgan fingerprint density at radius 1 is 1.22 bits per heavy atom. The Morgan fingerprint density at radius 2 is 1.94 bits per heavy atom. The minimum absolute atomic E-state index is 0.287. The van der Waals surface area contributed by atoms with Crippen LogP contribution in [0.25, 0.3) is 0 Å². The Kier molecular flexibility index (Phi) is 7.47. The predicted molar refractivity (Wildman–Crippen MR) is 118 cm³/mol. The number of para-hydroxylation sites is 2. The number of hydrogen-bond donors (Lipinski definition) is 1. The Labute approximate surface area is 188 Å². The lowest BCUT2D eigenvalue weighted by molar-refractivity contribution is -0.142. The van der Waals surface area contributed by atoms with Gasteiger partial charge >= 0.3 is 5.97 Å². The van der Waals surface area contributed by atoms with E-state index in [0.29, 0.717) is 48.7 Å². The summed E-state index contributed by atoms with van der Waals surface area (Å²) in [7, 11) is 3.11. The summed E-state index contributed by atoms with van der Waals surface area (Å²) in [5, 5.41) is 19.6. The van der Waals surface area contributed by atoms with Crippen molar-refractivity contribution in [1.29, 1.82) is 5.26 Å². The van der Waals surface area contributed by atoms with E-state index in [1.54, 1.807) is 26.4 Å². The van der Waals surface area contributed by atoms with Crippen molar-refractivity contribution in [3.8, 4) is 29.1 Å². The third-order valence-corrected chi connectivity index (χ3v) is 6.00. The number of carboxylic acid groups (broad SMARTS) is 1. The molecule has 0 spiro atoms. The van der Waals surface area contributed by atoms with Crippen LogP contribution in [0.1, 0.15) is 31.7 Å². The number of hydrogen-bond acceptors (Lipinski definition) is 6. The van der Waals surface area contributed by atoms with Gasteiger partial charge in [-0.2, -0.15) is 5.26 Å². The van der Waals surface area contributed by atoms with E-state index in [-0.39, 0.29) is 6.61 Å². The van der Waals surface area contributed by atoms with Gasteiger partial charge in [0.25, 0.3) is 0 Å². The average molecular weight is 440 g/mol. The second-order valence-electron chi connectivity index (χ2n) is 8.21. The highest BCUT2D eigenvalue weighted by Gasteiger charge is 2.39. The van der Waals surface area contributed by atoms with Crippen LogP contribution in [0.4, 0.5) is 0 Å². The number of fused-ring (bicyclic) bond motifs is 1. The first-order valence-electron chi connectivity index (χ1n) is 10.6. The molecule has 0 saturated heterocycles. The molecule has 2 aromatic carbocycles. The summed E-state index contributed by atoms with van der Waals surface area (Å²) in [5.41, 5.74) is 0.0682. The number of rotatable bonds is 10. The first-order chi connectivity index (χ1) is 15.4. The zero-order chi connectivity index (χ0) is 23.1. The minimum Gasteiger partial charge on any atom is -0.493 e. The number of aliphatic carboxylic acids is 1. The van der Waals surface area contributed by atoms with E-state index in [9.17, 15) is 15.2 Å². The van der Waals surface area contributed by atoms with Crippen molar-refractivity contribution < 1.29 is 28.8 Å². The molecular formula is C25H29NO6. The summed E-state index contributed by atoms with van der Waals surface area (Å²) in [6.45, 7) is 2.13. The van der Waals surface area contributed by atoms with Gasteiger partial charge in [-0.05, 0) is 56.0 Å². The van der Waals surface area contributed by atoms with Crippen LogP contribution >= 0.6 is 0 Å². The van der Waals surface area contributed by atoms with Gasteiger partial charge in [0.15, 0.2) is 29.1 Å². The van der Waals surface area contributed by atoms with Crippen LogP contribution in [0.3, 0.4) is 0 Å². The number of benzene rings is 2. The number of carbonyl (C=O) groups is 1. The van der Waals surface area contributed by atoms with Gasteiger partial charge in [-0.25, -0.2) is 0 Å². The number of methoxy groups -OCH3 is 2. The smallest absolute Gasteiger partial charge is 0.306 e. The van der Waals surface area contributed by atoms with Crippen molar-refractivity contribution in [2.75, 3.05) is 20.8 Å². The SMILES string of the molecule is COc1ccc(CC(CCCC(C)(C#N)C2COc3ccccc3O2)C(=O)O)cc1OC. The standard InChI is InChI=1S/C25H29NO6/c1-25(16-26,23-15-31-20-8-4-5-9-21(20)32-23)12-6-7-18(24(27)28)13-17-10-11-19(29-2)22(14-17)30-3/h4-5,8-11,14,18,23H,6-7,12-13,15H2,1-3H3,(H,27,28). The van der Waals surface area contributed by atoms with Gasteiger partial charge in [0.1, 0.15) is 6.61 Å². The molecule has 170 valence electrons. The lowest BCUT2D eigenvalue weighted by Gasteiger charge is -2.35. The van der Waals surface area contributed by atoms with E-state index in [0.717, 1.165) is 5.56 Å². The highest BCUT2D eigenvalue weighted by atomic mass is 16.6. The summed E-state index contributed by atoms with van der Waals surface area (Å²) >= 11 is 0. The first kappa shape index (κ1) is 23.3. The highest BCUT2D eigenvalue weighted by molar-refractivity contribution is 5.70. The largest absolute Gasteiger partial charge is 0.493 e. The molecule has 0 radical (unpaired) electrons. The Bertz CT molecular complexity index is 985. The molecule has 1 aliphatic heterocycles. The molecule has 7 nitrogen and oxygen atoms in total. The quantitative estimate of drug-likeness (QED) is 0.582. The van der Waals surface area contributed by atoms with Crippen molar-refractivity contribution >= 4 is 5.97 Å². The maximum absolute atomic E-state index is 11.9. The number of carboxylic acids is 1. The summed E-state index contributed by atoms with van der Waals surface area (Å²) in [6, 6.07) is 15.2. The molecule has 3 atom stereocenters. The maximum Gasteiger partial charge on any atom is 0.306 e. The lowest BCUT2D eigenvalue weighted by Crippen LogP contribution is -2.42. The van der Waals surface area contributed by atoms with Gasteiger partial charge in [0, 0.05) is 0 Å². The van der Waals surface area contributed by atoms with Crippen molar-refractivity contribution in [2.24, 2.45) is 11.3 Å². The molecule has 3 unspecified atom stereocenters. The summed E-state index contributed by atoms with van der Waals surface area (Å²) < 4.78 is 22.4. The first-order valence-corrected chi connectivity index (χ1v) is 10.6. The Hall–Kier alpha value is -3.40. The molecule has 0 fully saturated rings. The third-order valence-electron chi connectivity index (χ3n) is 6.00. The van der Waals surface area contributed by atoms with E-state index >= 15 is 0 Å². The molecule has 1 heterocycles. The van der Waals surface area contributed by atoms with Crippen LogP contribution < -0.4 is 18.9 Å². The average Bonchev–Trinajstić information content (AvgIpc) is 2.82. The summed E-state index contributed by atoms with van der Waals surface area (Å²) in [4.78, 5) is 11.9. The zero-order valence-corrected chi connectivity index (χ0v) is 18.7. The van der Waals surface area contributed by atoms with E-state index in [2.05, 4.69) is 6.07 Å². The van der Waals surface area contributed by atoms with Gasteiger partial charge in [-0.3, -0.25) is 4.79 Å². The fraction of sp³-hybridized carbons (Fsp3) is 0.440. The molecule has 7 heteroatoms. The van der Waals surface area contributed by atoms with Gasteiger partial charge in [-0.15, -0.1) is 0 Å². The predicted octanol–water partition coefficient (Wildman–Crippen LogP) is 4.49. The second-order valence-corrected chi connectivity index (χ2v) is 8.21. The third kappa shape index (κ3) is 5.25. The molecule has 0 amide bonds. The Morgan fingerprint density at radius 3 is 2.59 bits per heavy atom. The van der Waals surface area contributed by atoms with Crippen LogP contribution in [0, 0.1) is 22.7 Å². The molecule has 3 rings (SSSR count). The summed E-state index contributed by atoms with van der Waals surface area (Å²) in [6.07, 6.45) is 1.49. The maximum atomic E-state index is 11.9. The topological polar surface area (TPSA) is 98.0 Å². The van der Waals surface area contributed by atoms with E-state index in [1.807, 2.05) is 37.3 Å². The fourth-order valence-electron chi connectivity index (χ4n) is 3.94. The number of nitriles is 1. The van der Waals surface area contributed by atoms with Crippen LogP contribution in [0.15, 0.2) is 42.5 Å². The van der Waals surface area contributed by atoms with Crippen molar-refractivity contribution in [3.63, 3.8) is 0 Å². The molecule has 1 aliphatic rings. The van der Waals surface area contributed by atoms with Crippen LogP contribution in [0.2, 0.25) is 0 Å². The van der Waals surface area contributed by atoms with E-state index in [4.69, 9.17) is 18.9 Å². The van der Waals surface area contributed by atoms with Crippen molar-refractivity contribution in [3.05, 3.63) is 48.0 Å². The van der Waals surface area contributed by atoms with Crippen LogP contribution in [-0.2, 0) is 11.2 Å².